The number of hydrogen-bond acceptors (Lipinski definition) is 7. The second-order valence-corrected chi connectivity index (χ2v) is 13.0. The number of rotatable bonds is 4. The number of nitriles is 1. The summed E-state index contributed by atoms with van der Waals surface area (Å²) in [5.74, 6) is 5.53. The van der Waals surface area contributed by atoms with Crippen molar-refractivity contribution in [1.29, 1.82) is 5.26 Å². The molecule has 2 aromatic carbocycles. The molecule has 0 saturated carbocycles. The molecule has 32 heavy (non-hydrogen) atoms. The van der Waals surface area contributed by atoms with Gasteiger partial charge in [-0.25, -0.2) is 0 Å². The summed E-state index contributed by atoms with van der Waals surface area (Å²) in [6, 6.07) is 9.57. The molecule has 1 aromatic heterocycles. The Labute approximate surface area is 187 Å². The fraction of sp³-hybridized carbons (Fsp3) is 0.250. The summed E-state index contributed by atoms with van der Waals surface area (Å²) >= 11 is 0. The highest BCUT2D eigenvalue weighted by molar-refractivity contribution is 6.83. The van der Waals surface area contributed by atoms with E-state index in [1.54, 1.807) is 26.4 Å². The molecular weight excluding hydrogens is 422 g/mol. The third-order valence-electron chi connectivity index (χ3n) is 4.84. The molecule has 8 heteroatoms. The molecule has 0 bridgehead atoms. The maximum absolute atomic E-state index is 9.71. The molecule has 0 saturated heterocycles. The Balaban J connectivity index is 1.84. The van der Waals surface area contributed by atoms with Crippen LogP contribution in [0.25, 0.3) is 10.9 Å². The summed E-state index contributed by atoms with van der Waals surface area (Å²) in [5.41, 5.74) is 6.47. The number of fused-ring (bicyclic) bond motifs is 2. The van der Waals surface area contributed by atoms with Crippen molar-refractivity contribution in [2.45, 2.75) is 19.6 Å². The predicted molar refractivity (Wildman–Crippen MR) is 126 cm³/mol. The first-order chi connectivity index (χ1) is 15.3. The number of ether oxygens (including phenoxy) is 4. The second kappa shape index (κ2) is 8.33. The standard InChI is InChI=1S/C24H23N3O4Si/c1-28-20-10-17-19(11-21(20)29-2)26-13-16(12-25)22(17)27-18-7-6-15(8-9-32(3,4)5)23-24(18)31-14-30-23/h6-7,10-11,13H,14H2,1-5H3,(H,26,27). The Morgan fingerprint density at radius 2 is 1.75 bits per heavy atom. The zero-order valence-corrected chi connectivity index (χ0v) is 19.6. The molecule has 0 fully saturated rings. The molecule has 2 heterocycles. The summed E-state index contributed by atoms with van der Waals surface area (Å²) in [5, 5.41) is 13.8. The molecule has 1 aliphatic heterocycles. The van der Waals surface area contributed by atoms with Crippen LogP contribution in [0.2, 0.25) is 19.6 Å². The maximum atomic E-state index is 9.71. The van der Waals surface area contributed by atoms with E-state index in [1.165, 1.54) is 6.20 Å². The van der Waals surface area contributed by atoms with Crippen molar-refractivity contribution in [3.8, 4) is 40.5 Å². The van der Waals surface area contributed by atoms with Crippen LogP contribution in [0.1, 0.15) is 11.1 Å². The lowest BCUT2D eigenvalue weighted by molar-refractivity contribution is 0.174. The van der Waals surface area contributed by atoms with Gasteiger partial charge in [0.15, 0.2) is 23.0 Å². The number of nitrogens with zero attached hydrogens (tertiary/aromatic N) is 2. The summed E-state index contributed by atoms with van der Waals surface area (Å²) in [6.45, 7) is 6.68. The zero-order valence-electron chi connectivity index (χ0n) is 18.6. The highest BCUT2D eigenvalue weighted by Crippen LogP contribution is 2.44. The first kappa shape index (κ1) is 21.4. The van der Waals surface area contributed by atoms with Gasteiger partial charge in [-0.2, -0.15) is 5.26 Å². The van der Waals surface area contributed by atoms with Gasteiger partial charge in [-0.3, -0.25) is 4.98 Å². The number of anilines is 2. The quantitative estimate of drug-likeness (QED) is 0.455. The van der Waals surface area contributed by atoms with Gasteiger partial charge in [0, 0.05) is 17.6 Å². The predicted octanol–water partition coefficient (Wildman–Crippen LogP) is 4.82. The minimum atomic E-state index is -1.55. The number of benzene rings is 2. The van der Waals surface area contributed by atoms with Gasteiger partial charge in [-0.05, 0) is 18.2 Å². The highest BCUT2D eigenvalue weighted by Gasteiger charge is 2.23. The van der Waals surface area contributed by atoms with Crippen LogP contribution in [-0.4, -0.2) is 34.1 Å². The Morgan fingerprint density at radius 3 is 2.44 bits per heavy atom. The van der Waals surface area contributed by atoms with Crippen LogP contribution in [0.5, 0.6) is 23.0 Å². The SMILES string of the molecule is COc1cc2ncc(C#N)c(Nc3ccc(C#C[Si](C)(C)C)c4c3OCO4)c2cc1OC. The fourth-order valence-corrected chi connectivity index (χ4v) is 3.83. The first-order valence-corrected chi connectivity index (χ1v) is 13.5. The summed E-state index contributed by atoms with van der Waals surface area (Å²) in [4.78, 5) is 4.40. The molecule has 0 radical (unpaired) electrons. The van der Waals surface area contributed by atoms with E-state index in [-0.39, 0.29) is 6.79 Å². The van der Waals surface area contributed by atoms with Crippen molar-refractivity contribution in [2.75, 3.05) is 26.3 Å². The minimum absolute atomic E-state index is 0.114. The van der Waals surface area contributed by atoms with Gasteiger partial charge in [0.2, 0.25) is 6.79 Å². The first-order valence-electron chi connectivity index (χ1n) is 10.0. The number of pyridine rings is 1. The van der Waals surface area contributed by atoms with Crippen molar-refractivity contribution in [3.05, 3.63) is 41.6 Å². The number of aromatic nitrogens is 1. The zero-order chi connectivity index (χ0) is 22.9. The summed E-state index contributed by atoms with van der Waals surface area (Å²) in [7, 11) is 1.59. The van der Waals surface area contributed by atoms with Gasteiger partial charge in [0.05, 0.1) is 42.2 Å². The van der Waals surface area contributed by atoms with Crippen LogP contribution in [0, 0.1) is 22.8 Å². The van der Waals surface area contributed by atoms with Crippen LogP contribution in [0.15, 0.2) is 30.5 Å². The molecule has 0 amide bonds. The minimum Gasteiger partial charge on any atom is -0.493 e. The molecule has 0 aliphatic carbocycles. The Morgan fingerprint density at radius 1 is 1.03 bits per heavy atom. The van der Waals surface area contributed by atoms with Crippen LogP contribution in [0.4, 0.5) is 11.4 Å². The lowest BCUT2D eigenvalue weighted by Gasteiger charge is -2.15. The molecule has 4 rings (SSSR count). The van der Waals surface area contributed by atoms with Gasteiger partial charge >= 0.3 is 0 Å². The molecule has 1 aliphatic rings. The monoisotopic (exact) mass is 445 g/mol. The van der Waals surface area contributed by atoms with E-state index in [2.05, 4.69) is 47.5 Å². The third-order valence-corrected chi connectivity index (χ3v) is 5.72. The van der Waals surface area contributed by atoms with Crippen molar-refractivity contribution >= 4 is 30.4 Å². The number of nitrogens with one attached hydrogen (secondary N) is 1. The molecule has 7 nitrogen and oxygen atoms in total. The van der Waals surface area contributed by atoms with E-state index in [1.807, 2.05) is 12.1 Å². The Kier molecular flexibility index (Phi) is 5.56. The molecule has 1 N–H and O–H groups in total. The van der Waals surface area contributed by atoms with Crippen LogP contribution >= 0.6 is 0 Å². The summed E-state index contributed by atoms with van der Waals surface area (Å²) in [6.07, 6.45) is 1.53. The average Bonchev–Trinajstić information content (AvgIpc) is 3.27. The fourth-order valence-electron chi connectivity index (χ4n) is 3.32. The molecule has 0 spiro atoms. The van der Waals surface area contributed by atoms with Crippen LogP contribution in [0.3, 0.4) is 0 Å². The highest BCUT2D eigenvalue weighted by atomic mass is 28.3. The van der Waals surface area contributed by atoms with Crippen molar-refractivity contribution < 1.29 is 18.9 Å². The molecule has 3 aromatic rings. The van der Waals surface area contributed by atoms with E-state index in [4.69, 9.17) is 18.9 Å². The van der Waals surface area contributed by atoms with Crippen molar-refractivity contribution in [2.24, 2.45) is 0 Å². The lowest BCUT2D eigenvalue weighted by Crippen LogP contribution is -2.16. The molecule has 0 atom stereocenters. The van der Waals surface area contributed by atoms with Gasteiger partial charge in [0.1, 0.15) is 14.1 Å². The van der Waals surface area contributed by atoms with Crippen molar-refractivity contribution in [3.63, 3.8) is 0 Å². The molecule has 162 valence electrons. The second-order valence-electron chi connectivity index (χ2n) is 8.23. The van der Waals surface area contributed by atoms with E-state index < -0.39 is 8.07 Å². The van der Waals surface area contributed by atoms with Gasteiger partial charge < -0.3 is 24.3 Å². The van der Waals surface area contributed by atoms with E-state index >= 15 is 0 Å². The van der Waals surface area contributed by atoms with E-state index in [9.17, 15) is 5.26 Å². The maximum Gasteiger partial charge on any atom is 0.231 e. The summed E-state index contributed by atoms with van der Waals surface area (Å²) < 4.78 is 22.3. The molecular formula is C24H23N3O4Si. The van der Waals surface area contributed by atoms with Gasteiger partial charge in [-0.1, -0.05) is 25.6 Å². The average molecular weight is 446 g/mol. The normalized spacial score (nSPS) is 12.0. The van der Waals surface area contributed by atoms with Gasteiger partial charge in [-0.15, -0.1) is 5.54 Å². The Hall–Kier alpha value is -3.88. The number of hydrogen-bond donors (Lipinski definition) is 1. The lowest BCUT2D eigenvalue weighted by atomic mass is 10.1. The number of methoxy groups -OCH3 is 2. The van der Waals surface area contributed by atoms with Crippen molar-refractivity contribution in [1.82, 2.24) is 4.98 Å². The van der Waals surface area contributed by atoms with E-state index in [0.29, 0.717) is 45.5 Å². The third kappa shape index (κ3) is 4.01. The Bertz CT molecular complexity index is 1310. The van der Waals surface area contributed by atoms with Gasteiger partial charge in [0.25, 0.3) is 0 Å². The van der Waals surface area contributed by atoms with E-state index in [0.717, 1.165) is 10.9 Å². The smallest absolute Gasteiger partial charge is 0.231 e. The largest absolute Gasteiger partial charge is 0.493 e. The topological polar surface area (TPSA) is 85.6 Å². The van der Waals surface area contributed by atoms with Crippen LogP contribution in [-0.2, 0) is 0 Å². The molecule has 0 unspecified atom stereocenters. The van der Waals surface area contributed by atoms with Crippen LogP contribution < -0.4 is 24.3 Å².